The molecule has 3 heteroatoms. The number of anilines is 2. The summed E-state index contributed by atoms with van der Waals surface area (Å²) in [7, 11) is 0. The van der Waals surface area contributed by atoms with Gasteiger partial charge in [0.05, 0.1) is 17.6 Å². The molecule has 0 radical (unpaired) electrons. The van der Waals surface area contributed by atoms with Crippen LogP contribution in [0.3, 0.4) is 0 Å². The molecule has 1 aromatic heterocycles. The van der Waals surface area contributed by atoms with Gasteiger partial charge in [-0.2, -0.15) is 0 Å². The first-order valence-corrected chi connectivity index (χ1v) is 4.54. The van der Waals surface area contributed by atoms with Crippen molar-refractivity contribution < 1.29 is 0 Å². The average Bonchev–Trinajstić information content (AvgIpc) is 2.45. The van der Waals surface area contributed by atoms with Gasteiger partial charge in [0.25, 0.3) is 0 Å². The van der Waals surface area contributed by atoms with Crippen molar-refractivity contribution in [2.45, 2.75) is 26.9 Å². The summed E-state index contributed by atoms with van der Waals surface area (Å²) in [5.74, 6) is 0. The second-order valence-corrected chi connectivity index (χ2v) is 4.51. The molecule has 3 nitrogen and oxygen atoms in total. The van der Waals surface area contributed by atoms with E-state index in [1.165, 1.54) is 0 Å². The van der Waals surface area contributed by atoms with E-state index < -0.39 is 0 Å². The van der Waals surface area contributed by atoms with E-state index in [4.69, 9.17) is 0 Å². The molecule has 2 N–H and O–H groups in total. The van der Waals surface area contributed by atoms with Gasteiger partial charge in [-0.1, -0.05) is 20.8 Å². The molecule has 1 aliphatic heterocycles. The van der Waals surface area contributed by atoms with Crippen molar-refractivity contribution in [3.8, 4) is 0 Å². The Labute approximate surface area is 78.6 Å². The lowest BCUT2D eigenvalue weighted by Crippen LogP contribution is -2.36. The van der Waals surface area contributed by atoms with Crippen LogP contribution in [0.2, 0.25) is 0 Å². The fourth-order valence-corrected chi connectivity index (χ4v) is 1.42. The molecule has 0 aliphatic carbocycles. The molecule has 0 saturated carbocycles. The molecular formula is C10H15N3. The molecule has 70 valence electrons. The molecule has 0 saturated heterocycles. The van der Waals surface area contributed by atoms with Crippen LogP contribution in [-0.4, -0.2) is 11.1 Å². The topological polar surface area (TPSA) is 37.0 Å². The minimum Gasteiger partial charge on any atom is -0.363 e. The predicted octanol–water partition coefficient (Wildman–Crippen LogP) is 2.29. The Morgan fingerprint density at radius 1 is 1.23 bits per heavy atom. The summed E-state index contributed by atoms with van der Waals surface area (Å²) in [5, 5.41) is 6.82. The standard InChI is InChI=1S/C10H15N3/c1-10(2,3)9-12-7-4-5-11-6-8(7)13-9/h4-6,9,12-13H,1-3H3. The summed E-state index contributed by atoms with van der Waals surface area (Å²) >= 11 is 0. The summed E-state index contributed by atoms with van der Waals surface area (Å²) in [4.78, 5) is 4.07. The van der Waals surface area contributed by atoms with E-state index in [9.17, 15) is 0 Å². The third-order valence-corrected chi connectivity index (χ3v) is 2.29. The second kappa shape index (κ2) is 2.62. The van der Waals surface area contributed by atoms with Gasteiger partial charge in [0.2, 0.25) is 0 Å². The Morgan fingerprint density at radius 2 is 1.92 bits per heavy atom. The maximum Gasteiger partial charge on any atom is 0.101 e. The summed E-state index contributed by atoms with van der Waals surface area (Å²) in [6, 6.07) is 1.99. The molecule has 0 aromatic carbocycles. The van der Waals surface area contributed by atoms with Gasteiger partial charge in [0.15, 0.2) is 0 Å². The molecule has 0 spiro atoms. The molecule has 1 unspecified atom stereocenters. The van der Waals surface area contributed by atoms with Gasteiger partial charge in [0, 0.05) is 11.6 Å². The van der Waals surface area contributed by atoms with Crippen molar-refractivity contribution in [1.29, 1.82) is 0 Å². The third kappa shape index (κ3) is 1.46. The van der Waals surface area contributed by atoms with Crippen LogP contribution >= 0.6 is 0 Å². The highest BCUT2D eigenvalue weighted by molar-refractivity contribution is 5.73. The lowest BCUT2D eigenvalue weighted by atomic mass is 9.93. The number of nitrogens with zero attached hydrogens (tertiary/aromatic N) is 1. The molecule has 1 aromatic rings. The lowest BCUT2D eigenvalue weighted by molar-refractivity contribution is 0.372. The van der Waals surface area contributed by atoms with Crippen LogP contribution in [-0.2, 0) is 0 Å². The molecule has 0 bridgehead atoms. The predicted molar refractivity (Wildman–Crippen MR) is 54.7 cm³/mol. The Bertz CT molecular complexity index is 289. The van der Waals surface area contributed by atoms with Crippen molar-refractivity contribution in [3.05, 3.63) is 18.5 Å². The zero-order chi connectivity index (χ0) is 9.47. The average molecular weight is 177 g/mol. The maximum atomic E-state index is 4.07. The molecule has 2 rings (SSSR count). The molecule has 2 heterocycles. The van der Waals surface area contributed by atoms with Gasteiger partial charge >= 0.3 is 0 Å². The Hall–Kier alpha value is -1.25. The quantitative estimate of drug-likeness (QED) is 0.638. The first-order chi connectivity index (χ1) is 6.07. The van der Waals surface area contributed by atoms with Gasteiger partial charge in [-0.15, -0.1) is 0 Å². The van der Waals surface area contributed by atoms with Gasteiger partial charge in [-0.05, 0) is 6.07 Å². The smallest absolute Gasteiger partial charge is 0.101 e. The minimum atomic E-state index is 0.207. The van der Waals surface area contributed by atoms with E-state index in [1.54, 1.807) is 6.20 Å². The zero-order valence-electron chi connectivity index (χ0n) is 8.26. The molecule has 0 fully saturated rings. The monoisotopic (exact) mass is 177 g/mol. The van der Waals surface area contributed by atoms with Crippen molar-refractivity contribution in [2.24, 2.45) is 5.41 Å². The largest absolute Gasteiger partial charge is 0.363 e. The first-order valence-electron chi connectivity index (χ1n) is 4.54. The van der Waals surface area contributed by atoms with Crippen LogP contribution in [0.15, 0.2) is 18.5 Å². The van der Waals surface area contributed by atoms with Crippen LogP contribution in [0.25, 0.3) is 0 Å². The zero-order valence-corrected chi connectivity index (χ0v) is 8.26. The number of hydrogen-bond acceptors (Lipinski definition) is 3. The highest BCUT2D eigenvalue weighted by atomic mass is 15.2. The number of fused-ring (bicyclic) bond motifs is 1. The molecule has 1 aliphatic rings. The number of pyridine rings is 1. The SMILES string of the molecule is CC(C)(C)C1Nc2ccncc2N1. The third-order valence-electron chi connectivity index (χ3n) is 2.29. The van der Waals surface area contributed by atoms with Gasteiger partial charge < -0.3 is 10.6 Å². The fraction of sp³-hybridized carbons (Fsp3) is 0.500. The highest BCUT2D eigenvalue weighted by Gasteiger charge is 2.29. The molecule has 0 amide bonds. The van der Waals surface area contributed by atoms with Crippen molar-refractivity contribution in [2.75, 3.05) is 10.6 Å². The van der Waals surface area contributed by atoms with Gasteiger partial charge in [0.1, 0.15) is 6.17 Å². The number of rotatable bonds is 0. The van der Waals surface area contributed by atoms with Crippen molar-refractivity contribution in [1.82, 2.24) is 4.98 Å². The number of aromatic nitrogens is 1. The second-order valence-electron chi connectivity index (χ2n) is 4.51. The van der Waals surface area contributed by atoms with Crippen LogP contribution in [0.1, 0.15) is 20.8 Å². The van der Waals surface area contributed by atoms with Crippen LogP contribution < -0.4 is 10.6 Å². The molecular weight excluding hydrogens is 162 g/mol. The van der Waals surface area contributed by atoms with Gasteiger partial charge in [-0.3, -0.25) is 4.98 Å². The normalized spacial score (nSPS) is 20.4. The summed E-state index contributed by atoms with van der Waals surface area (Å²) in [6.45, 7) is 6.62. The lowest BCUT2D eigenvalue weighted by Gasteiger charge is -2.27. The maximum absolute atomic E-state index is 4.07. The van der Waals surface area contributed by atoms with E-state index >= 15 is 0 Å². The summed E-state index contributed by atoms with van der Waals surface area (Å²) in [5.41, 5.74) is 2.45. The Kier molecular flexibility index (Phi) is 1.68. The fourth-order valence-electron chi connectivity index (χ4n) is 1.42. The van der Waals surface area contributed by atoms with Crippen molar-refractivity contribution >= 4 is 11.4 Å². The first kappa shape index (κ1) is 8.35. The van der Waals surface area contributed by atoms with E-state index in [0.29, 0.717) is 6.17 Å². The molecule has 1 atom stereocenters. The van der Waals surface area contributed by atoms with E-state index in [1.807, 2.05) is 12.3 Å². The highest BCUT2D eigenvalue weighted by Crippen LogP contribution is 2.34. The van der Waals surface area contributed by atoms with E-state index in [-0.39, 0.29) is 5.41 Å². The summed E-state index contributed by atoms with van der Waals surface area (Å²) in [6.07, 6.45) is 3.96. The van der Waals surface area contributed by atoms with Crippen LogP contribution in [0, 0.1) is 5.41 Å². The molecule has 13 heavy (non-hydrogen) atoms. The van der Waals surface area contributed by atoms with Crippen molar-refractivity contribution in [3.63, 3.8) is 0 Å². The van der Waals surface area contributed by atoms with Gasteiger partial charge in [-0.25, -0.2) is 0 Å². The Morgan fingerprint density at radius 3 is 2.54 bits per heavy atom. The van der Waals surface area contributed by atoms with E-state index in [2.05, 4.69) is 36.4 Å². The number of nitrogens with one attached hydrogen (secondary N) is 2. The van der Waals surface area contributed by atoms with Crippen LogP contribution in [0.4, 0.5) is 11.4 Å². The minimum absolute atomic E-state index is 0.207. The Balaban J connectivity index is 2.23. The van der Waals surface area contributed by atoms with Crippen LogP contribution in [0.5, 0.6) is 0 Å². The summed E-state index contributed by atoms with van der Waals surface area (Å²) < 4.78 is 0. The number of hydrogen-bond donors (Lipinski definition) is 2. The van der Waals surface area contributed by atoms with E-state index in [0.717, 1.165) is 11.4 Å².